The van der Waals surface area contributed by atoms with Crippen molar-refractivity contribution in [1.82, 2.24) is 14.5 Å². The second-order valence-corrected chi connectivity index (χ2v) is 5.52. The Morgan fingerprint density at radius 2 is 2.26 bits per heavy atom. The molecule has 1 saturated heterocycles. The van der Waals surface area contributed by atoms with E-state index in [1.54, 1.807) is 0 Å². The van der Waals surface area contributed by atoms with Crippen LogP contribution >= 0.6 is 0 Å². The van der Waals surface area contributed by atoms with Gasteiger partial charge in [0.05, 0.1) is 17.7 Å². The molecule has 0 aliphatic carbocycles. The van der Waals surface area contributed by atoms with Crippen molar-refractivity contribution in [3.8, 4) is 0 Å². The van der Waals surface area contributed by atoms with Crippen molar-refractivity contribution in [3.63, 3.8) is 0 Å². The summed E-state index contributed by atoms with van der Waals surface area (Å²) in [5.41, 5.74) is 3.63. The lowest BCUT2D eigenvalue weighted by atomic mass is 9.96. The van der Waals surface area contributed by atoms with Gasteiger partial charge in [0.25, 0.3) is 5.69 Å². The van der Waals surface area contributed by atoms with Crippen LogP contribution in [0.25, 0.3) is 11.0 Å². The number of hydrogen-bond acceptors (Lipinski definition) is 9. The van der Waals surface area contributed by atoms with E-state index in [2.05, 4.69) is 9.97 Å². The fraction of sp³-hybridized carbons (Fsp3) is 0.500. The summed E-state index contributed by atoms with van der Waals surface area (Å²) in [7, 11) is 0. The highest BCUT2D eigenvalue weighted by molar-refractivity contribution is 5.95. The van der Waals surface area contributed by atoms with Crippen LogP contribution in [0.3, 0.4) is 0 Å². The molecule has 2 aromatic heterocycles. The Morgan fingerprint density at radius 3 is 2.83 bits per heavy atom. The average Bonchev–Trinajstić information content (AvgIpc) is 2.97. The van der Waals surface area contributed by atoms with E-state index in [1.807, 2.05) is 0 Å². The third-order valence-electron chi connectivity index (χ3n) is 4.00. The molecule has 124 valence electrons. The number of ether oxygens (including phenoxy) is 1. The minimum atomic E-state index is -1.80. The second-order valence-electron chi connectivity index (χ2n) is 5.52. The van der Waals surface area contributed by atoms with Gasteiger partial charge in [0, 0.05) is 0 Å². The summed E-state index contributed by atoms with van der Waals surface area (Å²) in [4.78, 5) is 18.3. The number of nitrogens with two attached hydrogens (primary N) is 1. The van der Waals surface area contributed by atoms with Crippen LogP contribution in [0.2, 0.25) is 0 Å². The first-order valence-corrected chi connectivity index (χ1v) is 6.71. The third-order valence-corrected chi connectivity index (χ3v) is 4.00. The Hall–Kier alpha value is -2.34. The van der Waals surface area contributed by atoms with Gasteiger partial charge in [-0.25, -0.2) is 9.97 Å². The molecule has 0 amide bonds. The van der Waals surface area contributed by atoms with Gasteiger partial charge in [-0.1, -0.05) is 0 Å². The molecule has 1 fully saturated rings. The van der Waals surface area contributed by atoms with Crippen LogP contribution in [-0.2, 0) is 4.74 Å². The zero-order valence-corrected chi connectivity index (χ0v) is 12.0. The predicted octanol–water partition coefficient (Wildman–Crippen LogP) is -1.08. The number of aliphatic hydroxyl groups excluding tert-OH is 2. The summed E-state index contributed by atoms with van der Waals surface area (Å²) in [6.07, 6.45) is -1.37. The van der Waals surface area contributed by atoms with Crippen LogP contribution in [-0.4, -0.2) is 59.2 Å². The van der Waals surface area contributed by atoms with E-state index in [9.17, 15) is 25.4 Å². The number of hydrogen-bond donors (Lipinski definition) is 4. The van der Waals surface area contributed by atoms with Crippen LogP contribution in [0.15, 0.2) is 12.5 Å². The minimum absolute atomic E-state index is 0.0128. The maximum absolute atomic E-state index is 11.2. The standard InChI is InChI=1S/C12H15N5O6/c1-12(20)8(19)6(3-18)23-11(12)16-2-5(17(21)22)7-9(13)14-4-15-10(7)16/h2,4,6,8,11,18-20H,3H2,1H3,(H2,13,14,15)/t6?,8-,11?,12+/m1/s1. The zero-order chi connectivity index (χ0) is 16.9. The maximum Gasteiger partial charge on any atom is 0.300 e. The Bertz CT molecular complexity index is 775. The minimum Gasteiger partial charge on any atom is -0.394 e. The topological polar surface area (TPSA) is 170 Å². The van der Waals surface area contributed by atoms with Crippen molar-refractivity contribution >= 4 is 22.5 Å². The van der Waals surface area contributed by atoms with Gasteiger partial charge in [0.2, 0.25) is 0 Å². The van der Waals surface area contributed by atoms with Gasteiger partial charge >= 0.3 is 0 Å². The molecule has 2 aromatic rings. The zero-order valence-electron chi connectivity index (χ0n) is 12.0. The largest absolute Gasteiger partial charge is 0.394 e. The summed E-state index contributed by atoms with van der Waals surface area (Å²) in [5, 5.41) is 41.0. The quantitative estimate of drug-likeness (QED) is 0.405. The Balaban J connectivity index is 2.21. The van der Waals surface area contributed by atoms with E-state index in [0.717, 1.165) is 12.5 Å². The molecule has 0 saturated carbocycles. The number of anilines is 1. The fourth-order valence-corrected chi connectivity index (χ4v) is 2.80. The van der Waals surface area contributed by atoms with Gasteiger partial charge in [-0.3, -0.25) is 14.7 Å². The van der Waals surface area contributed by atoms with Crippen LogP contribution in [0.4, 0.5) is 11.5 Å². The molecule has 23 heavy (non-hydrogen) atoms. The van der Waals surface area contributed by atoms with E-state index in [1.165, 1.54) is 11.5 Å². The monoisotopic (exact) mass is 325 g/mol. The van der Waals surface area contributed by atoms with Crippen molar-refractivity contribution in [2.45, 2.75) is 31.0 Å². The highest BCUT2D eigenvalue weighted by Crippen LogP contribution is 2.42. The molecular weight excluding hydrogens is 310 g/mol. The van der Waals surface area contributed by atoms with Crippen molar-refractivity contribution in [1.29, 1.82) is 0 Å². The molecule has 4 atom stereocenters. The lowest BCUT2D eigenvalue weighted by molar-refractivity contribution is -0.383. The van der Waals surface area contributed by atoms with E-state index in [-0.39, 0.29) is 22.5 Å². The smallest absolute Gasteiger partial charge is 0.300 e. The molecule has 2 unspecified atom stereocenters. The molecule has 0 aromatic carbocycles. The Morgan fingerprint density at radius 1 is 1.57 bits per heavy atom. The lowest BCUT2D eigenvalue weighted by Crippen LogP contribution is -2.44. The summed E-state index contributed by atoms with van der Waals surface area (Å²) >= 11 is 0. The molecule has 0 bridgehead atoms. The lowest BCUT2D eigenvalue weighted by Gasteiger charge is -2.27. The van der Waals surface area contributed by atoms with Crippen molar-refractivity contribution in [2.75, 3.05) is 12.3 Å². The number of nitrogen functional groups attached to an aromatic ring is 1. The molecular formula is C12H15N5O6. The van der Waals surface area contributed by atoms with E-state index >= 15 is 0 Å². The summed E-state index contributed by atoms with van der Waals surface area (Å²) in [6.45, 7) is 0.784. The first kappa shape index (κ1) is 15.6. The average molecular weight is 325 g/mol. The number of aliphatic hydroxyl groups is 3. The fourth-order valence-electron chi connectivity index (χ4n) is 2.80. The predicted molar refractivity (Wildman–Crippen MR) is 76.2 cm³/mol. The number of nitrogens with zero attached hydrogens (tertiary/aromatic N) is 4. The third kappa shape index (κ3) is 2.13. The molecule has 3 rings (SSSR count). The normalized spacial score (nSPS) is 30.9. The van der Waals surface area contributed by atoms with Gasteiger partial charge in [-0.15, -0.1) is 0 Å². The van der Waals surface area contributed by atoms with Gasteiger partial charge in [0.15, 0.2) is 11.9 Å². The Labute approximate surface area is 129 Å². The van der Waals surface area contributed by atoms with E-state index < -0.39 is 35.6 Å². The van der Waals surface area contributed by atoms with Crippen molar-refractivity contribution < 1.29 is 25.0 Å². The molecule has 11 nitrogen and oxygen atoms in total. The molecule has 3 heterocycles. The number of aromatic nitrogens is 3. The van der Waals surface area contributed by atoms with Crippen molar-refractivity contribution in [3.05, 3.63) is 22.6 Å². The molecule has 0 radical (unpaired) electrons. The first-order valence-electron chi connectivity index (χ1n) is 6.71. The molecule has 1 aliphatic heterocycles. The van der Waals surface area contributed by atoms with Crippen LogP contribution < -0.4 is 5.73 Å². The molecule has 11 heteroatoms. The van der Waals surface area contributed by atoms with Gasteiger partial charge in [0.1, 0.15) is 35.3 Å². The van der Waals surface area contributed by atoms with Crippen LogP contribution in [0, 0.1) is 10.1 Å². The summed E-state index contributed by atoms with van der Waals surface area (Å²) in [5.74, 6) is -0.0858. The first-order chi connectivity index (χ1) is 10.8. The summed E-state index contributed by atoms with van der Waals surface area (Å²) < 4.78 is 6.67. The van der Waals surface area contributed by atoms with Gasteiger partial charge in [-0.05, 0) is 6.92 Å². The van der Waals surface area contributed by atoms with E-state index in [4.69, 9.17) is 10.5 Å². The molecule has 0 spiro atoms. The summed E-state index contributed by atoms with van der Waals surface area (Å²) in [6, 6.07) is 0. The highest BCUT2D eigenvalue weighted by Gasteiger charge is 2.53. The SMILES string of the molecule is C[C@@]1(O)C(n2cc([N+](=O)[O-])c3c(N)ncnc32)OC(CO)[C@H]1O. The number of fused-ring (bicyclic) bond motifs is 1. The maximum atomic E-state index is 11.2. The van der Waals surface area contributed by atoms with Crippen LogP contribution in [0.1, 0.15) is 13.2 Å². The second kappa shape index (κ2) is 5.09. The van der Waals surface area contributed by atoms with Crippen LogP contribution in [0.5, 0.6) is 0 Å². The molecule has 1 aliphatic rings. The number of rotatable bonds is 3. The van der Waals surface area contributed by atoms with Gasteiger partial charge in [-0.2, -0.15) is 0 Å². The van der Waals surface area contributed by atoms with Gasteiger partial charge < -0.3 is 25.8 Å². The highest BCUT2D eigenvalue weighted by atomic mass is 16.6. The number of nitro groups is 1. The van der Waals surface area contributed by atoms with Crippen molar-refractivity contribution in [2.24, 2.45) is 0 Å². The van der Waals surface area contributed by atoms with E-state index in [0.29, 0.717) is 0 Å². The molecule has 5 N–H and O–H groups in total. The Kier molecular flexibility index (Phi) is 3.44.